The number of amides is 1. The minimum absolute atomic E-state index is 0.0844. The van der Waals surface area contributed by atoms with E-state index in [0.29, 0.717) is 18.7 Å². The fourth-order valence-electron chi connectivity index (χ4n) is 1.52. The summed E-state index contributed by atoms with van der Waals surface area (Å²) in [5, 5.41) is 1.26. The van der Waals surface area contributed by atoms with Crippen LogP contribution < -0.4 is 0 Å². The highest BCUT2D eigenvalue weighted by Gasteiger charge is 2.20. The van der Waals surface area contributed by atoms with Crippen molar-refractivity contribution in [3.8, 4) is 0 Å². The van der Waals surface area contributed by atoms with E-state index in [-0.39, 0.29) is 11.5 Å². The van der Waals surface area contributed by atoms with Crippen LogP contribution in [0.25, 0.3) is 0 Å². The van der Waals surface area contributed by atoms with Gasteiger partial charge in [0.15, 0.2) is 0 Å². The Hall–Kier alpha value is -1.49. The van der Waals surface area contributed by atoms with Crippen LogP contribution in [0.5, 0.6) is 0 Å². The van der Waals surface area contributed by atoms with Crippen molar-refractivity contribution in [1.82, 2.24) is 5.06 Å². The van der Waals surface area contributed by atoms with Crippen LogP contribution in [0.3, 0.4) is 0 Å². The molecule has 1 amide bonds. The number of halogens is 2. The summed E-state index contributed by atoms with van der Waals surface area (Å²) < 4.78 is 24.6. The van der Waals surface area contributed by atoms with Gasteiger partial charge in [-0.15, -0.1) is 0 Å². The van der Waals surface area contributed by atoms with Crippen LogP contribution in [0.1, 0.15) is 28.8 Å². The summed E-state index contributed by atoms with van der Waals surface area (Å²) in [4.78, 5) is 16.8. The first-order chi connectivity index (χ1) is 7.68. The molecule has 0 N–H and O–H groups in total. The Labute approximate surface area is 91.6 Å². The number of carbonyl (C=O) groups is 1. The maximum absolute atomic E-state index is 12.3. The van der Waals surface area contributed by atoms with E-state index in [4.69, 9.17) is 4.84 Å². The standard InChI is InChI=1S/C11H11F2NO2/c12-10(13)8-2-4-9(5-3-8)11(15)14-6-1-7-16-14/h2-5,10H,1,6-7H2. The molecule has 86 valence electrons. The van der Waals surface area contributed by atoms with Crippen molar-refractivity contribution in [3.05, 3.63) is 35.4 Å². The molecule has 1 saturated heterocycles. The monoisotopic (exact) mass is 227 g/mol. The lowest BCUT2D eigenvalue weighted by Crippen LogP contribution is -2.26. The van der Waals surface area contributed by atoms with Crippen molar-refractivity contribution in [1.29, 1.82) is 0 Å². The Morgan fingerprint density at radius 3 is 2.50 bits per heavy atom. The molecule has 0 radical (unpaired) electrons. The molecule has 0 saturated carbocycles. The molecular weight excluding hydrogens is 216 g/mol. The van der Waals surface area contributed by atoms with Crippen LogP contribution in [-0.4, -0.2) is 24.1 Å². The second-order valence-electron chi connectivity index (χ2n) is 3.52. The topological polar surface area (TPSA) is 29.5 Å². The molecular formula is C11H11F2NO2. The third-order valence-electron chi connectivity index (χ3n) is 2.39. The van der Waals surface area contributed by atoms with Crippen molar-refractivity contribution < 1.29 is 18.4 Å². The fourth-order valence-corrected chi connectivity index (χ4v) is 1.52. The highest BCUT2D eigenvalue weighted by atomic mass is 19.3. The minimum Gasteiger partial charge on any atom is -0.271 e. The van der Waals surface area contributed by atoms with Crippen molar-refractivity contribution >= 4 is 5.91 Å². The highest BCUT2D eigenvalue weighted by molar-refractivity contribution is 5.93. The first-order valence-electron chi connectivity index (χ1n) is 5.01. The lowest BCUT2D eigenvalue weighted by Gasteiger charge is -2.13. The van der Waals surface area contributed by atoms with Crippen LogP contribution in [0.15, 0.2) is 24.3 Å². The van der Waals surface area contributed by atoms with Gasteiger partial charge >= 0.3 is 0 Å². The molecule has 1 aliphatic rings. The van der Waals surface area contributed by atoms with Gasteiger partial charge in [0.2, 0.25) is 0 Å². The molecule has 0 atom stereocenters. The molecule has 5 heteroatoms. The van der Waals surface area contributed by atoms with Gasteiger partial charge in [0, 0.05) is 11.1 Å². The van der Waals surface area contributed by atoms with Crippen molar-refractivity contribution in [2.24, 2.45) is 0 Å². The number of hydrogen-bond acceptors (Lipinski definition) is 2. The Morgan fingerprint density at radius 2 is 2.00 bits per heavy atom. The molecule has 0 spiro atoms. The van der Waals surface area contributed by atoms with E-state index in [1.54, 1.807) is 0 Å². The summed E-state index contributed by atoms with van der Waals surface area (Å²) in [6.45, 7) is 1.08. The number of nitrogens with zero attached hydrogens (tertiary/aromatic N) is 1. The van der Waals surface area contributed by atoms with Crippen LogP contribution in [0.4, 0.5) is 8.78 Å². The lowest BCUT2D eigenvalue weighted by molar-refractivity contribution is -0.0768. The van der Waals surface area contributed by atoms with Crippen molar-refractivity contribution in [2.45, 2.75) is 12.8 Å². The number of hydrogen-bond donors (Lipinski definition) is 0. The lowest BCUT2D eigenvalue weighted by atomic mass is 10.1. The van der Waals surface area contributed by atoms with Gasteiger partial charge in [0.1, 0.15) is 0 Å². The van der Waals surface area contributed by atoms with Gasteiger partial charge in [-0.25, -0.2) is 13.8 Å². The van der Waals surface area contributed by atoms with E-state index in [1.165, 1.54) is 29.3 Å². The highest BCUT2D eigenvalue weighted by Crippen LogP contribution is 2.19. The zero-order valence-corrected chi connectivity index (χ0v) is 8.53. The first kappa shape index (κ1) is 11.0. The normalized spacial score (nSPS) is 15.8. The molecule has 0 aromatic heterocycles. The average molecular weight is 227 g/mol. The van der Waals surface area contributed by atoms with Crippen LogP contribution >= 0.6 is 0 Å². The molecule has 0 unspecified atom stereocenters. The van der Waals surface area contributed by atoms with Crippen molar-refractivity contribution in [3.63, 3.8) is 0 Å². The van der Waals surface area contributed by atoms with Crippen LogP contribution in [0.2, 0.25) is 0 Å². The number of carbonyl (C=O) groups excluding carboxylic acids is 1. The first-order valence-corrected chi connectivity index (χ1v) is 5.01. The Bertz CT molecular complexity index is 372. The van der Waals surface area contributed by atoms with Crippen molar-refractivity contribution in [2.75, 3.05) is 13.2 Å². The molecule has 0 bridgehead atoms. The molecule has 2 rings (SSSR count). The maximum Gasteiger partial charge on any atom is 0.277 e. The molecule has 1 heterocycles. The number of hydroxylamine groups is 2. The average Bonchev–Trinajstić information content (AvgIpc) is 2.81. The summed E-state index contributed by atoms with van der Waals surface area (Å²) in [6, 6.07) is 5.30. The predicted molar refractivity (Wildman–Crippen MR) is 53.0 cm³/mol. The SMILES string of the molecule is O=C(c1ccc(C(F)F)cc1)N1CCCO1. The third-order valence-corrected chi connectivity index (χ3v) is 2.39. The summed E-state index contributed by atoms with van der Waals surface area (Å²) in [7, 11) is 0. The van der Waals surface area contributed by atoms with Gasteiger partial charge in [-0.2, -0.15) is 0 Å². The third kappa shape index (κ3) is 2.19. The van der Waals surface area contributed by atoms with Crippen LogP contribution in [0, 0.1) is 0 Å². The minimum atomic E-state index is -2.51. The van der Waals surface area contributed by atoms with E-state index in [1.807, 2.05) is 0 Å². The molecule has 0 aliphatic carbocycles. The quantitative estimate of drug-likeness (QED) is 0.776. The van der Waals surface area contributed by atoms with Gasteiger partial charge in [-0.3, -0.25) is 9.63 Å². The second kappa shape index (κ2) is 4.57. The van der Waals surface area contributed by atoms with Gasteiger partial charge in [-0.05, 0) is 18.6 Å². The number of benzene rings is 1. The summed E-state index contributed by atoms with van der Waals surface area (Å²) >= 11 is 0. The Balaban J connectivity index is 2.11. The molecule has 3 nitrogen and oxygen atoms in total. The van der Waals surface area contributed by atoms with Gasteiger partial charge in [-0.1, -0.05) is 12.1 Å². The van der Waals surface area contributed by atoms with Gasteiger partial charge in [0.25, 0.3) is 12.3 Å². The number of rotatable bonds is 2. The van der Waals surface area contributed by atoms with Crippen LogP contribution in [-0.2, 0) is 4.84 Å². The van der Waals surface area contributed by atoms with E-state index < -0.39 is 6.43 Å². The predicted octanol–water partition coefficient (Wildman–Crippen LogP) is 2.40. The molecule has 1 fully saturated rings. The van der Waals surface area contributed by atoms with Gasteiger partial charge in [0.05, 0.1) is 13.2 Å². The fraction of sp³-hybridized carbons (Fsp3) is 0.364. The smallest absolute Gasteiger partial charge is 0.271 e. The maximum atomic E-state index is 12.3. The Kier molecular flexibility index (Phi) is 3.14. The summed E-state index contributed by atoms with van der Waals surface area (Å²) in [5.74, 6) is -0.279. The van der Waals surface area contributed by atoms with E-state index in [2.05, 4.69) is 0 Å². The number of alkyl halides is 2. The Morgan fingerprint density at radius 1 is 1.31 bits per heavy atom. The second-order valence-corrected chi connectivity index (χ2v) is 3.52. The zero-order chi connectivity index (χ0) is 11.5. The largest absolute Gasteiger partial charge is 0.277 e. The molecule has 1 aliphatic heterocycles. The van der Waals surface area contributed by atoms with E-state index in [0.717, 1.165) is 6.42 Å². The van der Waals surface area contributed by atoms with E-state index >= 15 is 0 Å². The molecule has 1 aromatic rings. The molecule has 1 aromatic carbocycles. The summed E-state index contributed by atoms with van der Waals surface area (Å²) in [5.41, 5.74) is 0.283. The zero-order valence-electron chi connectivity index (χ0n) is 8.53. The molecule has 16 heavy (non-hydrogen) atoms. The summed E-state index contributed by atoms with van der Waals surface area (Å²) in [6.07, 6.45) is -1.70. The van der Waals surface area contributed by atoms with Gasteiger partial charge < -0.3 is 0 Å². The van der Waals surface area contributed by atoms with E-state index in [9.17, 15) is 13.6 Å².